The van der Waals surface area contributed by atoms with Crippen LogP contribution < -0.4 is 10.2 Å². The van der Waals surface area contributed by atoms with E-state index in [1.165, 1.54) is 0 Å². The molecule has 1 aliphatic heterocycles. The fourth-order valence-corrected chi connectivity index (χ4v) is 5.44. The summed E-state index contributed by atoms with van der Waals surface area (Å²) in [6.07, 6.45) is 4.82. The van der Waals surface area contributed by atoms with Gasteiger partial charge in [0, 0.05) is 67.1 Å². The summed E-state index contributed by atoms with van der Waals surface area (Å²) in [6, 6.07) is 12.6. The Labute approximate surface area is 224 Å². The van der Waals surface area contributed by atoms with Gasteiger partial charge in [-0.05, 0) is 75.6 Å². The molecule has 2 aromatic carbocycles. The molecule has 0 bridgehead atoms. The molecular weight excluding hydrogens is 488 g/mol. The lowest BCUT2D eigenvalue weighted by atomic mass is 10.1. The molecule has 8 heteroatoms. The van der Waals surface area contributed by atoms with E-state index >= 15 is 0 Å². The number of nitrogens with one attached hydrogen (secondary N) is 1. The number of carbonyl (C=O) groups is 3. The molecule has 0 unspecified atom stereocenters. The minimum absolute atomic E-state index is 0.0112. The molecule has 1 N–H and O–H groups in total. The zero-order chi connectivity index (χ0) is 26.4. The highest BCUT2D eigenvalue weighted by Crippen LogP contribution is 2.30. The minimum Gasteiger partial charge on any atom is -0.369 e. The Bertz CT molecular complexity index is 1110. The van der Waals surface area contributed by atoms with Crippen LogP contribution in [-0.4, -0.2) is 66.8 Å². The van der Waals surface area contributed by atoms with Crippen molar-refractivity contribution < 1.29 is 14.4 Å². The van der Waals surface area contributed by atoms with Gasteiger partial charge in [0.1, 0.15) is 0 Å². The summed E-state index contributed by atoms with van der Waals surface area (Å²) in [5, 5.41) is 3.65. The number of hydrogen-bond donors (Lipinski definition) is 1. The van der Waals surface area contributed by atoms with Crippen molar-refractivity contribution >= 4 is 40.7 Å². The van der Waals surface area contributed by atoms with Crippen molar-refractivity contribution in [2.24, 2.45) is 5.92 Å². The molecule has 1 saturated carbocycles. The first-order valence-corrected chi connectivity index (χ1v) is 13.8. The van der Waals surface area contributed by atoms with Crippen molar-refractivity contribution in [3.8, 4) is 0 Å². The lowest BCUT2D eigenvalue weighted by molar-refractivity contribution is -0.119. The van der Waals surface area contributed by atoms with Crippen molar-refractivity contribution in [3.05, 3.63) is 58.6 Å². The first-order valence-electron chi connectivity index (χ1n) is 13.4. The fraction of sp³-hybridized carbons (Fsp3) is 0.483. The predicted octanol–water partition coefficient (Wildman–Crippen LogP) is 5.30. The molecule has 2 fully saturated rings. The molecule has 4 rings (SSSR count). The van der Waals surface area contributed by atoms with E-state index in [-0.39, 0.29) is 23.6 Å². The van der Waals surface area contributed by atoms with Crippen LogP contribution in [0.25, 0.3) is 0 Å². The average molecular weight is 525 g/mol. The average Bonchev–Trinajstić information content (AvgIpc) is 3.35. The van der Waals surface area contributed by atoms with Gasteiger partial charge in [0.05, 0.1) is 5.56 Å². The number of amides is 3. The summed E-state index contributed by atoms with van der Waals surface area (Å²) in [4.78, 5) is 45.2. The van der Waals surface area contributed by atoms with Gasteiger partial charge in [0.15, 0.2) is 0 Å². The minimum atomic E-state index is -0.0460. The largest absolute Gasteiger partial charge is 0.369 e. The van der Waals surface area contributed by atoms with Gasteiger partial charge in [0.25, 0.3) is 11.8 Å². The lowest BCUT2D eigenvalue weighted by Gasteiger charge is -2.28. The Morgan fingerprint density at radius 1 is 0.919 bits per heavy atom. The van der Waals surface area contributed by atoms with Crippen molar-refractivity contribution in [2.45, 2.75) is 46.0 Å². The van der Waals surface area contributed by atoms with Crippen LogP contribution in [-0.2, 0) is 4.79 Å². The van der Waals surface area contributed by atoms with Crippen molar-refractivity contribution in [3.63, 3.8) is 0 Å². The molecule has 198 valence electrons. The van der Waals surface area contributed by atoms with Gasteiger partial charge in [0.2, 0.25) is 5.91 Å². The van der Waals surface area contributed by atoms with Crippen LogP contribution in [0.3, 0.4) is 0 Å². The third-order valence-corrected chi connectivity index (χ3v) is 7.74. The molecule has 0 spiro atoms. The van der Waals surface area contributed by atoms with Crippen LogP contribution in [0.1, 0.15) is 66.7 Å². The summed E-state index contributed by atoms with van der Waals surface area (Å²) in [5.41, 5.74) is 2.71. The van der Waals surface area contributed by atoms with Gasteiger partial charge in [-0.1, -0.05) is 24.4 Å². The fourth-order valence-electron chi connectivity index (χ4n) is 5.31. The molecule has 2 aliphatic rings. The van der Waals surface area contributed by atoms with Gasteiger partial charge >= 0.3 is 0 Å². The molecule has 0 radical (unpaired) electrons. The second-order valence-corrected chi connectivity index (χ2v) is 10.3. The monoisotopic (exact) mass is 524 g/mol. The Balaban J connectivity index is 1.54. The summed E-state index contributed by atoms with van der Waals surface area (Å²) in [5.74, 6) is 0.0345. The molecule has 0 atom stereocenters. The van der Waals surface area contributed by atoms with Gasteiger partial charge in [-0.3, -0.25) is 14.4 Å². The van der Waals surface area contributed by atoms with Crippen molar-refractivity contribution in [1.29, 1.82) is 0 Å². The Morgan fingerprint density at radius 3 is 2.30 bits per heavy atom. The highest BCUT2D eigenvalue weighted by Gasteiger charge is 2.26. The second kappa shape index (κ2) is 12.5. The van der Waals surface area contributed by atoms with E-state index in [1.807, 2.05) is 36.9 Å². The molecule has 37 heavy (non-hydrogen) atoms. The third-order valence-electron chi connectivity index (χ3n) is 7.49. The number of halogens is 1. The van der Waals surface area contributed by atoms with Gasteiger partial charge in [-0.25, -0.2) is 0 Å². The number of carbonyl (C=O) groups excluding carboxylic acids is 3. The highest BCUT2D eigenvalue weighted by molar-refractivity contribution is 6.30. The van der Waals surface area contributed by atoms with E-state index in [0.29, 0.717) is 54.6 Å². The van der Waals surface area contributed by atoms with Crippen LogP contribution in [0.4, 0.5) is 11.4 Å². The first kappa shape index (κ1) is 27.0. The van der Waals surface area contributed by atoms with E-state index in [1.54, 1.807) is 29.2 Å². The van der Waals surface area contributed by atoms with E-state index in [2.05, 4.69) is 10.2 Å². The van der Waals surface area contributed by atoms with E-state index in [9.17, 15) is 14.4 Å². The molecule has 2 aromatic rings. The van der Waals surface area contributed by atoms with Crippen molar-refractivity contribution in [1.82, 2.24) is 9.80 Å². The normalized spacial score (nSPS) is 16.4. The highest BCUT2D eigenvalue weighted by atomic mass is 35.5. The third kappa shape index (κ3) is 6.45. The van der Waals surface area contributed by atoms with Crippen LogP contribution in [0.15, 0.2) is 42.5 Å². The van der Waals surface area contributed by atoms with Crippen LogP contribution >= 0.6 is 11.6 Å². The molecular formula is C29H37ClN4O3. The number of anilines is 2. The van der Waals surface area contributed by atoms with Gasteiger partial charge in [-0.15, -0.1) is 0 Å². The zero-order valence-electron chi connectivity index (χ0n) is 21.8. The summed E-state index contributed by atoms with van der Waals surface area (Å²) in [7, 11) is 0. The standard InChI is InChI=1S/C29H37ClN4O3/c1-3-32(4-2)29(37)25-20-24(31-27(35)21-8-5-6-9-21)14-15-26(25)33-16-7-17-34(19-18-33)28(36)22-10-12-23(30)13-11-22/h10-15,20-21H,3-9,16-19H2,1-2H3,(H,31,35). The lowest BCUT2D eigenvalue weighted by Crippen LogP contribution is -2.36. The van der Waals surface area contributed by atoms with Crippen molar-refractivity contribution in [2.75, 3.05) is 49.5 Å². The SMILES string of the molecule is CCN(CC)C(=O)c1cc(NC(=O)C2CCCC2)ccc1N1CCCN(C(=O)c2ccc(Cl)cc2)CC1. The number of benzene rings is 2. The van der Waals surface area contributed by atoms with Gasteiger partial charge in [-0.2, -0.15) is 0 Å². The summed E-state index contributed by atoms with van der Waals surface area (Å²) in [6.45, 7) is 7.71. The van der Waals surface area contributed by atoms with E-state index in [0.717, 1.165) is 44.3 Å². The van der Waals surface area contributed by atoms with E-state index in [4.69, 9.17) is 11.6 Å². The molecule has 1 saturated heterocycles. The molecule has 1 aliphatic carbocycles. The van der Waals surface area contributed by atoms with Crippen LogP contribution in [0.2, 0.25) is 5.02 Å². The smallest absolute Gasteiger partial charge is 0.256 e. The Morgan fingerprint density at radius 2 is 1.62 bits per heavy atom. The van der Waals surface area contributed by atoms with E-state index < -0.39 is 0 Å². The summed E-state index contributed by atoms with van der Waals surface area (Å²) < 4.78 is 0. The quantitative estimate of drug-likeness (QED) is 0.533. The summed E-state index contributed by atoms with van der Waals surface area (Å²) >= 11 is 5.98. The molecule has 7 nitrogen and oxygen atoms in total. The number of nitrogens with zero attached hydrogens (tertiary/aromatic N) is 3. The predicted molar refractivity (Wildman–Crippen MR) is 148 cm³/mol. The Hall–Kier alpha value is -3.06. The molecule has 3 amide bonds. The Kier molecular flexibility index (Phi) is 9.09. The maximum atomic E-state index is 13.5. The second-order valence-electron chi connectivity index (χ2n) is 9.82. The maximum absolute atomic E-state index is 13.5. The van der Waals surface area contributed by atoms with Crippen LogP contribution in [0, 0.1) is 5.92 Å². The number of hydrogen-bond acceptors (Lipinski definition) is 4. The maximum Gasteiger partial charge on any atom is 0.256 e. The number of rotatable bonds is 7. The molecule has 1 heterocycles. The van der Waals surface area contributed by atoms with Gasteiger partial charge < -0.3 is 20.0 Å². The topological polar surface area (TPSA) is 73.0 Å². The zero-order valence-corrected chi connectivity index (χ0v) is 22.6. The molecule has 0 aromatic heterocycles. The van der Waals surface area contributed by atoms with Crippen LogP contribution in [0.5, 0.6) is 0 Å². The first-order chi connectivity index (χ1) is 17.9.